The quantitative estimate of drug-likeness (QED) is 0.827. The third kappa shape index (κ3) is 3.16. The van der Waals surface area contributed by atoms with Gasteiger partial charge in [-0.25, -0.2) is 0 Å². The van der Waals surface area contributed by atoms with Gasteiger partial charge in [0.05, 0.1) is 11.1 Å². The van der Waals surface area contributed by atoms with E-state index < -0.39 is 0 Å². The van der Waals surface area contributed by atoms with Crippen molar-refractivity contribution in [1.29, 1.82) is 0 Å². The van der Waals surface area contributed by atoms with Gasteiger partial charge in [0.2, 0.25) is 5.91 Å². The van der Waals surface area contributed by atoms with E-state index in [1.165, 1.54) is 4.90 Å². The summed E-state index contributed by atoms with van der Waals surface area (Å²) in [5.41, 5.74) is 0.725. The van der Waals surface area contributed by atoms with Gasteiger partial charge in [-0.1, -0.05) is 42.6 Å². The van der Waals surface area contributed by atoms with E-state index in [9.17, 15) is 4.79 Å². The molecular formula is C15H20BrNOS. The van der Waals surface area contributed by atoms with Gasteiger partial charge in [0, 0.05) is 15.1 Å². The van der Waals surface area contributed by atoms with E-state index in [0.717, 1.165) is 41.6 Å². The summed E-state index contributed by atoms with van der Waals surface area (Å²) in [7, 11) is 0. The molecule has 104 valence electrons. The third-order valence-electron chi connectivity index (χ3n) is 3.86. The Labute approximate surface area is 127 Å². The van der Waals surface area contributed by atoms with E-state index >= 15 is 0 Å². The van der Waals surface area contributed by atoms with Crippen molar-refractivity contribution in [3.8, 4) is 0 Å². The molecule has 0 saturated carbocycles. The van der Waals surface area contributed by atoms with Crippen LogP contribution in [0.3, 0.4) is 0 Å². The minimum Gasteiger partial charge on any atom is -0.325 e. The summed E-state index contributed by atoms with van der Waals surface area (Å²) in [5.74, 6) is 1.07. The summed E-state index contributed by atoms with van der Waals surface area (Å²) in [6.45, 7) is 4.30. The van der Waals surface area contributed by atoms with E-state index in [-0.39, 0.29) is 11.3 Å². The van der Waals surface area contributed by atoms with E-state index in [2.05, 4.69) is 41.2 Å². The number of fused-ring (bicyclic) bond motifs is 1. The number of rotatable bonds is 4. The topological polar surface area (TPSA) is 29.1 Å². The van der Waals surface area contributed by atoms with Crippen LogP contribution >= 0.6 is 27.7 Å². The molecule has 0 bridgehead atoms. The lowest BCUT2D eigenvalue weighted by atomic mass is 9.81. The molecule has 0 radical (unpaired) electrons. The molecule has 2 rings (SSSR count). The van der Waals surface area contributed by atoms with Gasteiger partial charge >= 0.3 is 0 Å². The molecule has 1 unspecified atom stereocenters. The van der Waals surface area contributed by atoms with Crippen molar-refractivity contribution < 1.29 is 4.79 Å². The summed E-state index contributed by atoms with van der Waals surface area (Å²) in [5, 5.41) is 3.12. The summed E-state index contributed by atoms with van der Waals surface area (Å²) in [4.78, 5) is 13.8. The number of amides is 1. The minimum atomic E-state index is -0.216. The number of carbonyl (C=O) groups is 1. The number of benzene rings is 1. The second-order valence-corrected chi connectivity index (χ2v) is 7.05. The summed E-state index contributed by atoms with van der Waals surface area (Å²) in [6, 6.07) is 6.10. The largest absolute Gasteiger partial charge is 0.325 e. The van der Waals surface area contributed by atoms with Crippen LogP contribution in [0.5, 0.6) is 0 Å². The highest BCUT2D eigenvalue weighted by atomic mass is 79.9. The molecule has 0 saturated heterocycles. The molecule has 1 aromatic carbocycles. The molecule has 2 nitrogen and oxygen atoms in total. The van der Waals surface area contributed by atoms with E-state index in [0.29, 0.717) is 0 Å². The fourth-order valence-corrected chi connectivity index (χ4v) is 4.10. The standard InChI is InChI=1S/C15H20BrNOS/c1-3-5-8-15(4-2)10-19-13-7-6-11(16)9-12(13)17-14(15)18/h6-7,9H,3-5,8,10H2,1-2H3,(H,17,18). The molecule has 1 heterocycles. The van der Waals surface area contributed by atoms with E-state index in [1.807, 2.05) is 12.1 Å². The Hall–Kier alpha value is -0.480. The highest BCUT2D eigenvalue weighted by molar-refractivity contribution is 9.10. The third-order valence-corrected chi connectivity index (χ3v) is 5.72. The maximum absolute atomic E-state index is 12.6. The van der Waals surface area contributed by atoms with Crippen LogP contribution in [0.25, 0.3) is 0 Å². The van der Waals surface area contributed by atoms with Gasteiger partial charge in [0.25, 0.3) is 0 Å². The van der Waals surface area contributed by atoms with Gasteiger partial charge < -0.3 is 5.32 Å². The van der Waals surface area contributed by atoms with Crippen molar-refractivity contribution in [2.45, 2.75) is 44.4 Å². The van der Waals surface area contributed by atoms with Gasteiger partial charge in [-0.3, -0.25) is 4.79 Å². The van der Waals surface area contributed by atoms with Crippen LogP contribution in [0.4, 0.5) is 5.69 Å². The van der Waals surface area contributed by atoms with E-state index in [4.69, 9.17) is 0 Å². The number of unbranched alkanes of at least 4 members (excludes halogenated alkanes) is 1. The highest BCUT2D eigenvalue weighted by Gasteiger charge is 2.38. The maximum Gasteiger partial charge on any atom is 0.231 e. The molecule has 0 aromatic heterocycles. The molecule has 1 atom stereocenters. The first-order valence-electron chi connectivity index (χ1n) is 6.85. The highest BCUT2D eigenvalue weighted by Crippen LogP contribution is 2.42. The van der Waals surface area contributed by atoms with Gasteiger partial charge in [0.15, 0.2) is 0 Å². The number of halogens is 1. The number of carbonyl (C=O) groups excluding carboxylic acids is 1. The monoisotopic (exact) mass is 341 g/mol. The maximum atomic E-state index is 12.6. The predicted molar refractivity (Wildman–Crippen MR) is 85.7 cm³/mol. The lowest BCUT2D eigenvalue weighted by Crippen LogP contribution is -2.37. The zero-order chi connectivity index (χ0) is 13.9. The van der Waals surface area contributed by atoms with Crippen LogP contribution in [0.15, 0.2) is 27.6 Å². The molecule has 1 aliphatic rings. The Morgan fingerprint density at radius 2 is 2.21 bits per heavy atom. The second-order valence-electron chi connectivity index (χ2n) is 5.12. The molecule has 0 fully saturated rings. The first-order chi connectivity index (χ1) is 9.11. The normalized spacial score (nSPS) is 22.6. The zero-order valence-electron chi connectivity index (χ0n) is 11.5. The second kappa shape index (κ2) is 6.31. The smallest absolute Gasteiger partial charge is 0.231 e. The molecule has 1 N–H and O–H groups in total. The van der Waals surface area contributed by atoms with Gasteiger partial charge in [-0.2, -0.15) is 0 Å². The molecule has 0 aliphatic carbocycles. The molecular weight excluding hydrogens is 322 g/mol. The summed E-state index contributed by atoms with van der Waals surface area (Å²) < 4.78 is 1.00. The van der Waals surface area contributed by atoms with Crippen molar-refractivity contribution in [3.05, 3.63) is 22.7 Å². The predicted octanol–water partition coefficient (Wildman–Crippen LogP) is 5.08. The first-order valence-corrected chi connectivity index (χ1v) is 8.63. The number of hydrogen-bond donors (Lipinski definition) is 1. The SMILES string of the molecule is CCCCC1(CC)CSc2ccc(Br)cc2NC1=O. The molecule has 19 heavy (non-hydrogen) atoms. The summed E-state index contributed by atoms with van der Waals surface area (Å²) >= 11 is 5.26. The average Bonchev–Trinajstić information content (AvgIpc) is 2.53. The fourth-order valence-electron chi connectivity index (χ4n) is 2.40. The Balaban J connectivity index is 2.27. The van der Waals surface area contributed by atoms with E-state index in [1.54, 1.807) is 11.8 Å². The minimum absolute atomic E-state index is 0.188. The van der Waals surface area contributed by atoms with Crippen LogP contribution in [0, 0.1) is 5.41 Å². The van der Waals surface area contributed by atoms with Crippen molar-refractivity contribution in [2.75, 3.05) is 11.1 Å². The number of thioether (sulfide) groups is 1. The van der Waals surface area contributed by atoms with Crippen molar-refractivity contribution in [1.82, 2.24) is 0 Å². The molecule has 4 heteroatoms. The van der Waals surface area contributed by atoms with Gasteiger partial charge in [-0.15, -0.1) is 11.8 Å². The van der Waals surface area contributed by atoms with Crippen LogP contribution < -0.4 is 5.32 Å². The lowest BCUT2D eigenvalue weighted by Gasteiger charge is -2.28. The molecule has 1 aromatic rings. The van der Waals surface area contributed by atoms with Crippen LogP contribution in [-0.2, 0) is 4.79 Å². The number of hydrogen-bond acceptors (Lipinski definition) is 2. The van der Waals surface area contributed by atoms with Gasteiger partial charge in [0.1, 0.15) is 0 Å². The first kappa shape index (κ1) is 14.9. The number of anilines is 1. The van der Waals surface area contributed by atoms with Crippen LogP contribution in [-0.4, -0.2) is 11.7 Å². The molecule has 0 spiro atoms. The Morgan fingerprint density at radius 3 is 2.89 bits per heavy atom. The Kier molecular flexibility index (Phi) is 4.96. The fraction of sp³-hybridized carbons (Fsp3) is 0.533. The Morgan fingerprint density at radius 1 is 1.42 bits per heavy atom. The van der Waals surface area contributed by atoms with Crippen molar-refractivity contribution in [3.63, 3.8) is 0 Å². The molecule has 1 aliphatic heterocycles. The van der Waals surface area contributed by atoms with Crippen molar-refractivity contribution in [2.24, 2.45) is 5.41 Å². The lowest BCUT2D eigenvalue weighted by molar-refractivity contribution is -0.125. The summed E-state index contributed by atoms with van der Waals surface area (Å²) in [6.07, 6.45) is 4.13. The average molecular weight is 342 g/mol. The van der Waals surface area contributed by atoms with Crippen LogP contribution in [0.2, 0.25) is 0 Å². The van der Waals surface area contributed by atoms with Crippen LogP contribution in [0.1, 0.15) is 39.5 Å². The van der Waals surface area contributed by atoms with Gasteiger partial charge in [-0.05, 0) is 31.0 Å². The number of nitrogens with one attached hydrogen (secondary N) is 1. The Bertz CT molecular complexity index is 477. The molecule has 1 amide bonds. The van der Waals surface area contributed by atoms with Crippen molar-refractivity contribution >= 4 is 39.3 Å². The zero-order valence-corrected chi connectivity index (χ0v) is 13.9.